The van der Waals surface area contributed by atoms with E-state index in [0.29, 0.717) is 0 Å². The molecule has 12 heavy (non-hydrogen) atoms. The fourth-order valence-corrected chi connectivity index (χ4v) is 1.52. The number of rotatable bonds is 3. The number of aryl methyl sites for hydroxylation is 3. The summed E-state index contributed by atoms with van der Waals surface area (Å²) < 4.78 is 0. The second kappa shape index (κ2) is 4.30. The standard InChI is InChI=1S/C12H17/c1-4-5-6-12-8-10(2)7-11(3)9-12/h4,7-9H,5-6H2,1-3H3. The maximum atomic E-state index is 2.27. The Kier molecular flexibility index (Phi) is 3.33. The van der Waals surface area contributed by atoms with Crippen LogP contribution in [0.15, 0.2) is 18.2 Å². The summed E-state index contributed by atoms with van der Waals surface area (Å²) in [5.74, 6) is 0. The fraction of sp³-hybridized carbons (Fsp3) is 0.417. The van der Waals surface area contributed by atoms with Crippen molar-refractivity contribution in [1.82, 2.24) is 0 Å². The van der Waals surface area contributed by atoms with Crippen molar-refractivity contribution in [3.63, 3.8) is 0 Å². The Morgan fingerprint density at radius 2 is 1.67 bits per heavy atom. The summed E-state index contributed by atoms with van der Waals surface area (Å²) in [6.45, 7) is 6.43. The highest BCUT2D eigenvalue weighted by Gasteiger charge is 1.94. The first-order valence-corrected chi connectivity index (χ1v) is 4.57. The largest absolute Gasteiger partial charge is 0.0622 e. The van der Waals surface area contributed by atoms with Gasteiger partial charge in [0.05, 0.1) is 0 Å². The first kappa shape index (κ1) is 9.31. The predicted octanol–water partition coefficient (Wildman–Crippen LogP) is 3.46. The van der Waals surface area contributed by atoms with Gasteiger partial charge < -0.3 is 0 Å². The summed E-state index contributed by atoms with van der Waals surface area (Å²) in [6.07, 6.45) is 4.58. The molecule has 0 spiro atoms. The Balaban J connectivity index is 2.72. The first-order valence-electron chi connectivity index (χ1n) is 4.57. The average molecular weight is 161 g/mol. The Morgan fingerprint density at radius 3 is 2.17 bits per heavy atom. The van der Waals surface area contributed by atoms with Gasteiger partial charge in [0.1, 0.15) is 0 Å². The predicted molar refractivity (Wildman–Crippen MR) is 54.2 cm³/mol. The zero-order valence-corrected chi connectivity index (χ0v) is 8.22. The first-order chi connectivity index (χ1) is 5.72. The van der Waals surface area contributed by atoms with E-state index in [-0.39, 0.29) is 0 Å². The average Bonchev–Trinajstić information content (AvgIpc) is 1.99. The van der Waals surface area contributed by atoms with E-state index in [1.165, 1.54) is 29.5 Å². The highest BCUT2D eigenvalue weighted by molar-refractivity contribution is 5.28. The van der Waals surface area contributed by atoms with Gasteiger partial charge in [-0.3, -0.25) is 0 Å². The highest BCUT2D eigenvalue weighted by Crippen LogP contribution is 2.10. The van der Waals surface area contributed by atoms with Crippen LogP contribution < -0.4 is 0 Å². The zero-order valence-electron chi connectivity index (χ0n) is 8.22. The minimum Gasteiger partial charge on any atom is -0.0622 e. The molecule has 0 amide bonds. The molecule has 0 heterocycles. The third kappa shape index (κ3) is 2.69. The SMILES string of the molecule is C[CH]CCc1cc(C)cc(C)c1. The van der Waals surface area contributed by atoms with Gasteiger partial charge in [-0.05, 0) is 38.7 Å². The van der Waals surface area contributed by atoms with Crippen LogP contribution in [0.25, 0.3) is 0 Å². The molecule has 0 bridgehead atoms. The monoisotopic (exact) mass is 161 g/mol. The van der Waals surface area contributed by atoms with E-state index in [1.54, 1.807) is 0 Å². The third-order valence-corrected chi connectivity index (χ3v) is 2.00. The van der Waals surface area contributed by atoms with Crippen LogP contribution in [0.5, 0.6) is 0 Å². The van der Waals surface area contributed by atoms with E-state index in [1.807, 2.05) is 0 Å². The molecule has 0 atom stereocenters. The van der Waals surface area contributed by atoms with Crippen molar-refractivity contribution in [3.05, 3.63) is 41.3 Å². The molecule has 0 saturated heterocycles. The Bertz CT molecular complexity index is 228. The lowest BCUT2D eigenvalue weighted by atomic mass is 10.0. The molecule has 0 fully saturated rings. The molecule has 1 radical (unpaired) electrons. The molecule has 0 aliphatic heterocycles. The Labute approximate surface area is 75.6 Å². The van der Waals surface area contributed by atoms with Crippen LogP contribution in [0.3, 0.4) is 0 Å². The topological polar surface area (TPSA) is 0 Å². The summed E-state index contributed by atoms with van der Waals surface area (Å²) in [5.41, 5.74) is 4.22. The van der Waals surface area contributed by atoms with Gasteiger partial charge in [0.15, 0.2) is 0 Å². The Hall–Kier alpha value is -0.780. The summed E-state index contributed by atoms with van der Waals surface area (Å²) in [4.78, 5) is 0. The van der Waals surface area contributed by atoms with Crippen molar-refractivity contribution in [2.75, 3.05) is 0 Å². The van der Waals surface area contributed by atoms with Crippen molar-refractivity contribution < 1.29 is 0 Å². The van der Waals surface area contributed by atoms with Crippen LogP contribution in [-0.2, 0) is 6.42 Å². The molecule has 0 aliphatic rings. The normalized spacial score (nSPS) is 10.2. The summed E-state index contributed by atoms with van der Waals surface area (Å²) in [7, 11) is 0. The molecule has 1 rings (SSSR count). The number of hydrogen-bond acceptors (Lipinski definition) is 0. The van der Waals surface area contributed by atoms with E-state index in [9.17, 15) is 0 Å². The molecule has 0 aliphatic carbocycles. The van der Waals surface area contributed by atoms with Crippen molar-refractivity contribution in [2.45, 2.75) is 33.6 Å². The lowest BCUT2D eigenvalue weighted by Gasteiger charge is -2.03. The van der Waals surface area contributed by atoms with Crippen molar-refractivity contribution in [3.8, 4) is 0 Å². The van der Waals surface area contributed by atoms with Crippen LogP contribution in [0.4, 0.5) is 0 Å². The molecule has 0 aromatic heterocycles. The molecular formula is C12H17. The molecule has 0 nitrogen and oxygen atoms in total. The summed E-state index contributed by atoms with van der Waals surface area (Å²) in [5, 5.41) is 0. The van der Waals surface area contributed by atoms with Gasteiger partial charge in [-0.1, -0.05) is 36.2 Å². The summed E-state index contributed by atoms with van der Waals surface area (Å²) >= 11 is 0. The maximum Gasteiger partial charge on any atom is -0.0276 e. The number of hydrogen-bond donors (Lipinski definition) is 0. The third-order valence-electron chi connectivity index (χ3n) is 2.00. The molecule has 0 heteroatoms. The summed E-state index contributed by atoms with van der Waals surface area (Å²) in [6, 6.07) is 6.77. The van der Waals surface area contributed by atoms with Gasteiger partial charge in [-0.25, -0.2) is 0 Å². The maximum absolute atomic E-state index is 2.27. The lowest BCUT2D eigenvalue weighted by Crippen LogP contribution is -1.87. The zero-order chi connectivity index (χ0) is 8.97. The van der Waals surface area contributed by atoms with E-state index in [4.69, 9.17) is 0 Å². The number of unbranched alkanes of at least 4 members (excludes halogenated alkanes) is 1. The van der Waals surface area contributed by atoms with Gasteiger partial charge in [0, 0.05) is 0 Å². The van der Waals surface area contributed by atoms with E-state index in [2.05, 4.69) is 45.4 Å². The van der Waals surface area contributed by atoms with Crippen LogP contribution >= 0.6 is 0 Å². The van der Waals surface area contributed by atoms with Gasteiger partial charge in [-0.2, -0.15) is 0 Å². The van der Waals surface area contributed by atoms with E-state index in [0.717, 1.165) is 0 Å². The van der Waals surface area contributed by atoms with Crippen LogP contribution in [0.2, 0.25) is 0 Å². The minimum absolute atomic E-state index is 1.18. The highest BCUT2D eigenvalue weighted by atomic mass is 14.0. The molecular weight excluding hydrogens is 144 g/mol. The van der Waals surface area contributed by atoms with Gasteiger partial charge in [-0.15, -0.1) is 0 Å². The second-order valence-corrected chi connectivity index (χ2v) is 3.44. The second-order valence-electron chi connectivity index (χ2n) is 3.44. The van der Waals surface area contributed by atoms with Gasteiger partial charge in [0.2, 0.25) is 0 Å². The lowest BCUT2D eigenvalue weighted by molar-refractivity contribution is 0.933. The van der Waals surface area contributed by atoms with E-state index >= 15 is 0 Å². The Morgan fingerprint density at radius 1 is 1.08 bits per heavy atom. The van der Waals surface area contributed by atoms with Crippen molar-refractivity contribution in [2.24, 2.45) is 0 Å². The molecule has 1 aromatic carbocycles. The van der Waals surface area contributed by atoms with Gasteiger partial charge >= 0.3 is 0 Å². The van der Waals surface area contributed by atoms with E-state index < -0.39 is 0 Å². The molecule has 0 saturated carbocycles. The van der Waals surface area contributed by atoms with Crippen molar-refractivity contribution in [1.29, 1.82) is 0 Å². The van der Waals surface area contributed by atoms with Crippen LogP contribution in [0.1, 0.15) is 30.0 Å². The molecule has 0 unspecified atom stereocenters. The van der Waals surface area contributed by atoms with Gasteiger partial charge in [0.25, 0.3) is 0 Å². The smallest absolute Gasteiger partial charge is 0.0276 e. The minimum atomic E-state index is 1.18. The van der Waals surface area contributed by atoms with Crippen LogP contribution in [-0.4, -0.2) is 0 Å². The van der Waals surface area contributed by atoms with Crippen molar-refractivity contribution >= 4 is 0 Å². The quantitative estimate of drug-likeness (QED) is 0.637. The molecule has 65 valence electrons. The number of benzene rings is 1. The fourth-order valence-electron chi connectivity index (χ4n) is 1.52. The molecule has 0 N–H and O–H groups in total. The van der Waals surface area contributed by atoms with Crippen LogP contribution in [0, 0.1) is 20.3 Å². The molecule has 1 aromatic rings.